The van der Waals surface area contributed by atoms with Crippen LogP contribution in [0.5, 0.6) is 17.2 Å². The molecular weight excluding hydrogens is 683 g/mol. The van der Waals surface area contributed by atoms with Crippen LogP contribution in [0.4, 0.5) is 0 Å². The summed E-state index contributed by atoms with van der Waals surface area (Å²) in [7, 11) is -4.64. The Balaban J connectivity index is 0.000000718. The number of unbranched alkanes of at least 4 members (excludes halogenated alkanes) is 18. The van der Waals surface area contributed by atoms with Crippen molar-refractivity contribution in [1.29, 1.82) is 0 Å². The predicted molar refractivity (Wildman–Crippen MR) is 224 cm³/mol. The van der Waals surface area contributed by atoms with E-state index < -0.39 is 7.82 Å². The van der Waals surface area contributed by atoms with Gasteiger partial charge in [0.15, 0.2) is 0 Å². The number of hydrogen-bond donors (Lipinski definition) is 6. The van der Waals surface area contributed by atoms with E-state index in [0.29, 0.717) is 17.2 Å². The van der Waals surface area contributed by atoms with E-state index in [-0.39, 0.29) is 0 Å². The normalized spacial score (nSPS) is 10.7. The summed E-state index contributed by atoms with van der Waals surface area (Å²) in [6.07, 6.45) is 31.9. The average molecular weight is 759 g/mol. The van der Waals surface area contributed by atoms with Crippen LogP contribution >= 0.6 is 7.82 Å². The molecule has 0 saturated carbocycles. The molecule has 0 bridgehead atoms. The summed E-state index contributed by atoms with van der Waals surface area (Å²) in [6.45, 7) is 6.76. The predicted octanol–water partition coefficient (Wildman–Crippen LogP) is 13.1. The summed E-state index contributed by atoms with van der Waals surface area (Å²) in [6, 6.07) is 22.8. The van der Waals surface area contributed by atoms with E-state index in [2.05, 4.69) is 20.8 Å². The molecule has 0 fully saturated rings. The first-order chi connectivity index (χ1) is 25.5. The third-order valence-electron chi connectivity index (χ3n) is 9.02. The number of aryl methyl sites for hydroxylation is 3. The lowest BCUT2D eigenvalue weighted by molar-refractivity contribution is 0.275. The Hall–Kier alpha value is -2.83. The Kier molecular flexibility index (Phi) is 33.0. The zero-order chi connectivity index (χ0) is 39.4. The first-order valence-corrected chi connectivity index (χ1v) is 22.2. The molecule has 7 nitrogen and oxygen atoms in total. The molecule has 0 heterocycles. The molecule has 0 aliphatic carbocycles. The molecule has 6 N–H and O–H groups in total. The van der Waals surface area contributed by atoms with Crippen LogP contribution in [-0.2, 0) is 23.8 Å². The van der Waals surface area contributed by atoms with Crippen LogP contribution in [0, 0.1) is 0 Å². The van der Waals surface area contributed by atoms with E-state index in [4.69, 9.17) is 34.6 Å². The van der Waals surface area contributed by atoms with Crippen LogP contribution in [0.3, 0.4) is 0 Å². The summed E-state index contributed by atoms with van der Waals surface area (Å²) in [5, 5.41) is 27.4. The van der Waals surface area contributed by atoms with Crippen molar-refractivity contribution in [1.82, 2.24) is 0 Å². The van der Waals surface area contributed by atoms with Crippen LogP contribution in [0.1, 0.15) is 172 Å². The molecular formula is C45H75O7P. The molecule has 0 aromatic heterocycles. The molecule has 0 aliphatic rings. The number of aromatic hydroxyl groups is 3. The fourth-order valence-corrected chi connectivity index (χ4v) is 5.85. The van der Waals surface area contributed by atoms with Crippen molar-refractivity contribution in [3.05, 3.63) is 89.5 Å². The van der Waals surface area contributed by atoms with Gasteiger partial charge >= 0.3 is 7.82 Å². The molecule has 3 aromatic rings. The van der Waals surface area contributed by atoms with Crippen molar-refractivity contribution in [2.75, 3.05) is 0 Å². The van der Waals surface area contributed by atoms with Crippen LogP contribution < -0.4 is 0 Å². The van der Waals surface area contributed by atoms with Crippen molar-refractivity contribution < 1.29 is 34.6 Å². The quantitative estimate of drug-likeness (QED) is 0.0395. The van der Waals surface area contributed by atoms with E-state index in [1.54, 1.807) is 36.4 Å². The summed E-state index contributed by atoms with van der Waals surface area (Å²) in [5.41, 5.74) is 4.02. The highest BCUT2D eigenvalue weighted by atomic mass is 31.2. The minimum Gasteiger partial charge on any atom is -0.508 e. The Morgan fingerprint density at radius 3 is 0.698 bits per heavy atom. The fraction of sp³-hybridized carbons (Fsp3) is 0.600. The molecule has 0 saturated heterocycles. The maximum atomic E-state index is 9.15. The highest BCUT2D eigenvalue weighted by molar-refractivity contribution is 7.45. The van der Waals surface area contributed by atoms with Gasteiger partial charge in [0, 0.05) is 0 Å². The van der Waals surface area contributed by atoms with Gasteiger partial charge in [0.05, 0.1) is 0 Å². The standard InChI is InChI=1S/3C15H24O.H3O4P/c3*1-2-3-4-5-6-7-8-9-14-10-12-15(16)13-11-14;1-5(2,3)4/h3*10-13,16H,2-9H2,1H3;(H3,1,2,3,4). The van der Waals surface area contributed by atoms with Crippen LogP contribution in [-0.4, -0.2) is 30.0 Å². The van der Waals surface area contributed by atoms with Gasteiger partial charge in [-0.1, -0.05) is 173 Å². The van der Waals surface area contributed by atoms with Gasteiger partial charge in [0.25, 0.3) is 0 Å². The lowest BCUT2D eigenvalue weighted by atomic mass is 10.0. The zero-order valence-corrected chi connectivity index (χ0v) is 34.3. The number of benzene rings is 3. The number of hydrogen-bond acceptors (Lipinski definition) is 4. The Morgan fingerprint density at radius 1 is 0.340 bits per heavy atom. The third kappa shape index (κ3) is 37.3. The molecule has 0 radical (unpaired) electrons. The van der Waals surface area contributed by atoms with Crippen LogP contribution in [0.2, 0.25) is 0 Å². The molecule has 0 aliphatic heterocycles. The number of phenols is 3. The van der Waals surface area contributed by atoms with E-state index in [0.717, 1.165) is 19.3 Å². The molecule has 8 heteroatoms. The van der Waals surface area contributed by atoms with Crippen LogP contribution in [0.15, 0.2) is 72.8 Å². The Labute approximate surface area is 323 Å². The van der Waals surface area contributed by atoms with Gasteiger partial charge in [-0.05, 0) is 91.6 Å². The highest BCUT2D eigenvalue weighted by Crippen LogP contribution is 2.26. The van der Waals surface area contributed by atoms with Gasteiger partial charge in [-0.2, -0.15) is 0 Å². The third-order valence-corrected chi connectivity index (χ3v) is 9.02. The largest absolute Gasteiger partial charge is 0.508 e. The highest BCUT2D eigenvalue weighted by Gasteiger charge is 2.00. The number of phenolic OH excluding ortho intramolecular Hbond substituents is 3. The van der Waals surface area contributed by atoms with Gasteiger partial charge in [-0.25, -0.2) is 4.57 Å². The summed E-state index contributed by atoms with van der Waals surface area (Å²) < 4.78 is 8.88. The maximum Gasteiger partial charge on any atom is 0.466 e. The van der Waals surface area contributed by atoms with E-state index in [1.165, 1.54) is 152 Å². The molecule has 53 heavy (non-hydrogen) atoms. The molecule has 0 unspecified atom stereocenters. The lowest BCUT2D eigenvalue weighted by Crippen LogP contribution is -1.85. The smallest absolute Gasteiger partial charge is 0.466 e. The summed E-state index contributed by atoms with van der Waals surface area (Å²) in [5.74, 6) is 1.09. The maximum absolute atomic E-state index is 9.15. The molecule has 3 rings (SSSR count). The van der Waals surface area contributed by atoms with Gasteiger partial charge in [0.1, 0.15) is 17.2 Å². The number of rotatable bonds is 24. The van der Waals surface area contributed by atoms with E-state index in [9.17, 15) is 0 Å². The SMILES string of the molecule is CCCCCCCCCc1ccc(O)cc1.CCCCCCCCCc1ccc(O)cc1.CCCCCCCCCc1ccc(O)cc1.O=P(O)(O)O. The number of phosphoric acid groups is 1. The van der Waals surface area contributed by atoms with Crippen LogP contribution in [0.25, 0.3) is 0 Å². The second-order valence-electron chi connectivity index (χ2n) is 14.1. The van der Waals surface area contributed by atoms with Crippen molar-refractivity contribution in [2.45, 2.75) is 175 Å². The van der Waals surface area contributed by atoms with Crippen molar-refractivity contribution in [3.8, 4) is 17.2 Å². The zero-order valence-electron chi connectivity index (χ0n) is 33.4. The van der Waals surface area contributed by atoms with E-state index in [1.807, 2.05) is 36.4 Å². The minimum absolute atomic E-state index is 0.364. The van der Waals surface area contributed by atoms with Crippen molar-refractivity contribution in [3.63, 3.8) is 0 Å². The van der Waals surface area contributed by atoms with Gasteiger partial charge in [-0.3, -0.25) is 0 Å². The molecule has 3 aromatic carbocycles. The van der Waals surface area contributed by atoms with Gasteiger partial charge < -0.3 is 30.0 Å². The molecule has 0 amide bonds. The summed E-state index contributed by atoms with van der Waals surface area (Å²) >= 11 is 0. The topological polar surface area (TPSA) is 138 Å². The first kappa shape index (κ1) is 50.2. The van der Waals surface area contributed by atoms with Crippen molar-refractivity contribution in [2.24, 2.45) is 0 Å². The molecule has 302 valence electrons. The molecule has 0 atom stereocenters. The Morgan fingerprint density at radius 2 is 0.509 bits per heavy atom. The van der Waals surface area contributed by atoms with Gasteiger partial charge in [0.2, 0.25) is 0 Å². The fourth-order valence-electron chi connectivity index (χ4n) is 5.85. The Bertz CT molecular complexity index is 1090. The lowest BCUT2D eigenvalue weighted by Gasteiger charge is -2.02. The monoisotopic (exact) mass is 759 g/mol. The summed E-state index contributed by atoms with van der Waals surface area (Å²) in [4.78, 5) is 21.6. The minimum atomic E-state index is -4.64. The first-order valence-electron chi connectivity index (χ1n) is 20.6. The molecule has 0 spiro atoms. The van der Waals surface area contributed by atoms with E-state index >= 15 is 0 Å². The second kappa shape index (κ2) is 34.9. The average Bonchev–Trinajstić information content (AvgIpc) is 3.13. The van der Waals surface area contributed by atoms with Crippen molar-refractivity contribution >= 4 is 7.82 Å². The van der Waals surface area contributed by atoms with Gasteiger partial charge in [-0.15, -0.1) is 0 Å². The second-order valence-corrected chi connectivity index (χ2v) is 15.2.